The summed E-state index contributed by atoms with van der Waals surface area (Å²) in [6.45, 7) is 2.16. The topological polar surface area (TPSA) is 53.1 Å². The van der Waals surface area contributed by atoms with Gasteiger partial charge in [-0.3, -0.25) is 0 Å². The molecule has 3 heterocycles. The molecule has 21 heavy (non-hydrogen) atoms. The Morgan fingerprint density at radius 1 is 1.19 bits per heavy atom. The molecule has 3 rings (SSSR count). The van der Waals surface area contributed by atoms with Gasteiger partial charge in [0.1, 0.15) is 18.0 Å². The maximum absolute atomic E-state index is 4.49. The Hall–Kier alpha value is -1.36. The molecule has 0 amide bonds. The van der Waals surface area contributed by atoms with Crippen LogP contribution in [-0.4, -0.2) is 47.1 Å². The fraction of sp³-hybridized carbons (Fsp3) is 0.750. The summed E-state index contributed by atoms with van der Waals surface area (Å²) < 4.78 is 0. The van der Waals surface area contributed by atoms with Gasteiger partial charge in [-0.05, 0) is 39.2 Å². The molecule has 2 bridgehead atoms. The monoisotopic (exact) mass is 289 g/mol. The molecule has 2 atom stereocenters. The Labute approximate surface area is 127 Å². The van der Waals surface area contributed by atoms with Gasteiger partial charge in [0.25, 0.3) is 0 Å². The number of nitrogens with zero attached hydrogens (tertiary/aromatic N) is 3. The number of anilines is 2. The van der Waals surface area contributed by atoms with Crippen LogP contribution in [0.15, 0.2) is 6.33 Å². The number of aromatic nitrogens is 2. The average Bonchev–Trinajstić information content (AvgIpc) is 2.48. The highest BCUT2D eigenvalue weighted by atomic mass is 15.2. The van der Waals surface area contributed by atoms with Gasteiger partial charge in [0.05, 0.1) is 0 Å². The molecule has 0 spiro atoms. The summed E-state index contributed by atoms with van der Waals surface area (Å²) in [6, 6.07) is 2.03. The van der Waals surface area contributed by atoms with Gasteiger partial charge in [-0.15, -0.1) is 0 Å². The summed E-state index contributed by atoms with van der Waals surface area (Å²) in [5, 5.41) is 6.88. The standard InChI is InChI=1S/C16H27N5/c1-4-14-15(17-2)18-10-19-16(14)20-11-8-12-6-5-7-13(9-11)21(12)3/h10-13H,4-9H2,1-3H3,(H2,17,18,19,20). The SMILES string of the molecule is CCc1c(NC)ncnc1NC1CC2CCCC(C1)N2C. The normalized spacial score (nSPS) is 29.2. The minimum Gasteiger partial charge on any atom is -0.373 e. The number of rotatable bonds is 4. The predicted octanol–water partition coefficient (Wildman–Crippen LogP) is 2.51. The maximum Gasteiger partial charge on any atom is 0.134 e. The molecule has 1 aromatic rings. The molecule has 2 N–H and O–H groups in total. The predicted molar refractivity (Wildman–Crippen MR) is 86.8 cm³/mol. The molecule has 2 aliphatic rings. The summed E-state index contributed by atoms with van der Waals surface area (Å²) in [4.78, 5) is 11.4. The van der Waals surface area contributed by atoms with E-state index in [9.17, 15) is 0 Å². The lowest BCUT2D eigenvalue weighted by Gasteiger charge is -2.47. The summed E-state index contributed by atoms with van der Waals surface area (Å²) in [6.07, 6.45) is 9.14. The lowest BCUT2D eigenvalue weighted by Crippen LogP contribution is -2.52. The summed E-state index contributed by atoms with van der Waals surface area (Å²) in [5.74, 6) is 1.97. The van der Waals surface area contributed by atoms with Crippen LogP contribution in [0.25, 0.3) is 0 Å². The van der Waals surface area contributed by atoms with Crippen LogP contribution in [0.4, 0.5) is 11.6 Å². The molecule has 2 saturated heterocycles. The molecular formula is C16H27N5. The zero-order valence-corrected chi connectivity index (χ0v) is 13.4. The highest BCUT2D eigenvalue weighted by Crippen LogP contribution is 2.34. The minimum absolute atomic E-state index is 0.543. The maximum atomic E-state index is 4.49. The third-order valence-electron chi connectivity index (χ3n) is 5.22. The molecular weight excluding hydrogens is 262 g/mol. The van der Waals surface area contributed by atoms with E-state index in [0.29, 0.717) is 6.04 Å². The zero-order valence-electron chi connectivity index (χ0n) is 13.4. The molecule has 0 saturated carbocycles. The van der Waals surface area contributed by atoms with Gasteiger partial charge in [-0.2, -0.15) is 0 Å². The first-order valence-corrected chi connectivity index (χ1v) is 8.23. The smallest absolute Gasteiger partial charge is 0.134 e. The van der Waals surface area contributed by atoms with Crippen molar-refractivity contribution in [3.05, 3.63) is 11.9 Å². The molecule has 116 valence electrons. The Kier molecular flexibility index (Phi) is 4.29. The van der Waals surface area contributed by atoms with Crippen molar-refractivity contribution in [2.24, 2.45) is 0 Å². The van der Waals surface area contributed by atoms with Crippen LogP contribution in [0.3, 0.4) is 0 Å². The Bertz CT molecular complexity index is 476. The van der Waals surface area contributed by atoms with Crippen molar-refractivity contribution in [2.45, 2.75) is 63.6 Å². The second kappa shape index (κ2) is 6.18. The molecule has 2 aliphatic heterocycles. The molecule has 0 radical (unpaired) electrons. The van der Waals surface area contributed by atoms with E-state index in [0.717, 1.165) is 30.1 Å². The fourth-order valence-corrected chi connectivity index (χ4v) is 4.01. The van der Waals surface area contributed by atoms with Crippen LogP contribution >= 0.6 is 0 Å². The molecule has 5 heteroatoms. The quantitative estimate of drug-likeness (QED) is 0.892. The first kappa shape index (κ1) is 14.6. The van der Waals surface area contributed by atoms with Crippen LogP contribution in [-0.2, 0) is 6.42 Å². The number of hydrogen-bond acceptors (Lipinski definition) is 5. The van der Waals surface area contributed by atoms with Gasteiger partial charge in [0.2, 0.25) is 0 Å². The Morgan fingerprint density at radius 2 is 1.86 bits per heavy atom. The zero-order chi connectivity index (χ0) is 14.8. The van der Waals surface area contributed by atoms with Crippen molar-refractivity contribution in [1.82, 2.24) is 14.9 Å². The molecule has 2 unspecified atom stereocenters. The van der Waals surface area contributed by atoms with Crippen molar-refractivity contribution >= 4 is 11.6 Å². The van der Waals surface area contributed by atoms with Crippen molar-refractivity contribution in [1.29, 1.82) is 0 Å². The highest BCUT2D eigenvalue weighted by Gasteiger charge is 2.36. The number of hydrogen-bond donors (Lipinski definition) is 2. The second-order valence-electron chi connectivity index (χ2n) is 6.37. The second-order valence-corrected chi connectivity index (χ2v) is 6.37. The van der Waals surface area contributed by atoms with Gasteiger partial charge in [0, 0.05) is 30.7 Å². The van der Waals surface area contributed by atoms with Gasteiger partial charge >= 0.3 is 0 Å². The van der Waals surface area contributed by atoms with E-state index in [-0.39, 0.29) is 0 Å². The number of nitrogens with one attached hydrogen (secondary N) is 2. The average molecular weight is 289 g/mol. The summed E-state index contributed by atoms with van der Waals surface area (Å²) >= 11 is 0. The van der Waals surface area contributed by atoms with E-state index in [1.807, 2.05) is 7.05 Å². The Balaban J connectivity index is 1.75. The minimum atomic E-state index is 0.543. The van der Waals surface area contributed by atoms with Crippen LogP contribution in [0.5, 0.6) is 0 Å². The molecule has 0 aromatic carbocycles. The first-order valence-electron chi connectivity index (χ1n) is 8.23. The third-order valence-corrected chi connectivity index (χ3v) is 5.22. The summed E-state index contributed by atoms with van der Waals surface area (Å²) in [5.41, 5.74) is 1.20. The van der Waals surface area contributed by atoms with Gasteiger partial charge in [0.15, 0.2) is 0 Å². The van der Waals surface area contributed by atoms with E-state index >= 15 is 0 Å². The van der Waals surface area contributed by atoms with Crippen LogP contribution in [0, 0.1) is 0 Å². The van der Waals surface area contributed by atoms with E-state index in [2.05, 4.69) is 39.5 Å². The number of fused-ring (bicyclic) bond motifs is 2. The largest absolute Gasteiger partial charge is 0.373 e. The fourth-order valence-electron chi connectivity index (χ4n) is 4.01. The Morgan fingerprint density at radius 3 is 2.48 bits per heavy atom. The third kappa shape index (κ3) is 2.84. The number of piperidine rings is 2. The molecule has 5 nitrogen and oxygen atoms in total. The van der Waals surface area contributed by atoms with Crippen molar-refractivity contribution in [3.63, 3.8) is 0 Å². The lowest BCUT2D eigenvalue weighted by molar-refractivity contribution is 0.0607. The van der Waals surface area contributed by atoms with Crippen LogP contribution in [0.1, 0.15) is 44.6 Å². The van der Waals surface area contributed by atoms with Gasteiger partial charge in [-0.1, -0.05) is 13.3 Å². The van der Waals surface area contributed by atoms with E-state index < -0.39 is 0 Å². The lowest BCUT2D eigenvalue weighted by atomic mass is 9.82. The van der Waals surface area contributed by atoms with Crippen LogP contribution < -0.4 is 10.6 Å². The van der Waals surface area contributed by atoms with Gasteiger partial charge < -0.3 is 15.5 Å². The van der Waals surface area contributed by atoms with Crippen molar-refractivity contribution in [2.75, 3.05) is 24.7 Å². The van der Waals surface area contributed by atoms with Crippen molar-refractivity contribution < 1.29 is 0 Å². The molecule has 2 fully saturated rings. The molecule has 1 aromatic heterocycles. The van der Waals surface area contributed by atoms with E-state index in [1.165, 1.54) is 37.7 Å². The molecule has 0 aliphatic carbocycles. The highest BCUT2D eigenvalue weighted by molar-refractivity contribution is 5.57. The first-order chi connectivity index (χ1) is 10.2. The van der Waals surface area contributed by atoms with Crippen LogP contribution in [0.2, 0.25) is 0 Å². The van der Waals surface area contributed by atoms with Crippen molar-refractivity contribution in [3.8, 4) is 0 Å². The summed E-state index contributed by atoms with van der Waals surface area (Å²) in [7, 11) is 4.22. The van der Waals surface area contributed by atoms with Gasteiger partial charge in [-0.25, -0.2) is 9.97 Å². The van der Waals surface area contributed by atoms with E-state index in [4.69, 9.17) is 0 Å². The van der Waals surface area contributed by atoms with E-state index in [1.54, 1.807) is 6.33 Å².